The van der Waals surface area contributed by atoms with Crippen LogP contribution in [-0.4, -0.2) is 9.13 Å². The number of rotatable bonds is 2. The molecule has 10 rings (SSSR count). The van der Waals surface area contributed by atoms with Crippen molar-refractivity contribution in [3.63, 3.8) is 0 Å². The topological polar surface area (TPSA) is 9.86 Å². The van der Waals surface area contributed by atoms with E-state index >= 15 is 0 Å². The maximum Gasteiger partial charge on any atom is 0.0640 e. The van der Waals surface area contributed by atoms with Gasteiger partial charge in [-0.15, -0.1) is 11.3 Å². The summed E-state index contributed by atoms with van der Waals surface area (Å²) in [5.41, 5.74) is 7.38. The van der Waals surface area contributed by atoms with Gasteiger partial charge in [-0.05, 0) is 53.9 Å². The van der Waals surface area contributed by atoms with E-state index in [-0.39, 0.29) is 0 Å². The van der Waals surface area contributed by atoms with Crippen LogP contribution in [0.5, 0.6) is 0 Å². The molecule has 0 fully saturated rings. The molecule has 3 aromatic heterocycles. The van der Waals surface area contributed by atoms with E-state index in [2.05, 4.69) is 155 Å². The third kappa shape index (κ3) is 3.12. The maximum atomic E-state index is 2.48. The highest BCUT2D eigenvalue weighted by atomic mass is 32.1. The van der Waals surface area contributed by atoms with Crippen molar-refractivity contribution in [2.24, 2.45) is 0 Å². The molecule has 0 atom stereocenters. The van der Waals surface area contributed by atoms with E-state index in [0.29, 0.717) is 0 Å². The van der Waals surface area contributed by atoms with E-state index in [1.54, 1.807) is 0 Å². The lowest BCUT2D eigenvalue weighted by molar-refractivity contribution is 1.19. The van der Waals surface area contributed by atoms with Crippen molar-refractivity contribution in [3.8, 4) is 11.4 Å². The van der Waals surface area contributed by atoms with E-state index in [1.807, 2.05) is 11.3 Å². The van der Waals surface area contributed by atoms with Gasteiger partial charge in [0.2, 0.25) is 0 Å². The summed E-state index contributed by atoms with van der Waals surface area (Å²) in [7, 11) is 0. The third-order valence-corrected chi connectivity index (χ3v) is 10.3. The summed E-state index contributed by atoms with van der Waals surface area (Å²) in [5.74, 6) is 0. The Labute approximate surface area is 251 Å². The molecule has 0 N–H and O–H groups in total. The molecule has 0 aliphatic heterocycles. The predicted molar refractivity (Wildman–Crippen MR) is 186 cm³/mol. The summed E-state index contributed by atoms with van der Waals surface area (Å²) in [5, 5.41) is 10.3. The maximum absolute atomic E-state index is 2.48. The van der Waals surface area contributed by atoms with Gasteiger partial charge in [-0.25, -0.2) is 0 Å². The second-order valence-electron chi connectivity index (χ2n) is 11.3. The van der Waals surface area contributed by atoms with E-state index < -0.39 is 0 Å². The molecular weight excluding hydrogens is 541 g/mol. The van der Waals surface area contributed by atoms with Gasteiger partial charge >= 0.3 is 0 Å². The number of para-hydroxylation sites is 3. The molecule has 200 valence electrons. The Bertz CT molecular complexity index is 2720. The van der Waals surface area contributed by atoms with E-state index in [4.69, 9.17) is 0 Å². The molecule has 43 heavy (non-hydrogen) atoms. The lowest BCUT2D eigenvalue weighted by Gasteiger charge is -2.12. The van der Waals surface area contributed by atoms with Crippen LogP contribution < -0.4 is 0 Å². The molecule has 3 heteroatoms. The Morgan fingerprint density at radius 3 is 1.91 bits per heavy atom. The highest BCUT2D eigenvalue weighted by Gasteiger charge is 2.20. The van der Waals surface area contributed by atoms with Crippen LogP contribution in [0.1, 0.15) is 0 Å². The number of hydrogen-bond acceptors (Lipinski definition) is 1. The quantitative estimate of drug-likeness (QED) is 0.198. The van der Waals surface area contributed by atoms with Gasteiger partial charge in [0.1, 0.15) is 0 Å². The summed E-state index contributed by atoms with van der Waals surface area (Å²) in [4.78, 5) is 0. The van der Waals surface area contributed by atoms with Crippen molar-refractivity contribution in [1.82, 2.24) is 9.13 Å². The monoisotopic (exact) mass is 564 g/mol. The molecule has 0 unspecified atom stereocenters. The van der Waals surface area contributed by atoms with Crippen LogP contribution in [0.3, 0.4) is 0 Å². The van der Waals surface area contributed by atoms with E-state index in [0.717, 1.165) is 0 Å². The molecule has 0 aliphatic carbocycles. The van der Waals surface area contributed by atoms with E-state index in [1.165, 1.54) is 85.9 Å². The highest BCUT2D eigenvalue weighted by Crippen LogP contribution is 2.43. The SMILES string of the molecule is c1ccc(-n2c3ccccc3c3ccc4cc5c(cc4c32)c2ccccc2n5-c2cccc3c2sc2ccccc23)cc1. The van der Waals surface area contributed by atoms with Crippen LogP contribution in [0.25, 0.3) is 85.9 Å². The number of hydrogen-bond donors (Lipinski definition) is 0. The smallest absolute Gasteiger partial charge is 0.0640 e. The van der Waals surface area contributed by atoms with Gasteiger partial charge in [0.05, 0.1) is 32.5 Å². The van der Waals surface area contributed by atoms with Gasteiger partial charge in [-0.3, -0.25) is 0 Å². The minimum atomic E-state index is 1.18. The van der Waals surface area contributed by atoms with Crippen molar-refractivity contribution in [2.75, 3.05) is 0 Å². The lowest BCUT2D eigenvalue weighted by Crippen LogP contribution is -1.95. The van der Waals surface area contributed by atoms with Crippen LogP contribution in [0.4, 0.5) is 0 Å². The van der Waals surface area contributed by atoms with Crippen molar-refractivity contribution in [1.29, 1.82) is 0 Å². The molecule has 2 nitrogen and oxygen atoms in total. The Kier molecular flexibility index (Phi) is 4.63. The second-order valence-corrected chi connectivity index (χ2v) is 12.4. The Balaban J connectivity index is 1.37. The van der Waals surface area contributed by atoms with Gasteiger partial charge in [0, 0.05) is 48.1 Å². The zero-order valence-corrected chi connectivity index (χ0v) is 24.0. The summed E-state index contributed by atoms with van der Waals surface area (Å²) in [6.07, 6.45) is 0. The molecule has 10 aromatic rings. The first-order valence-electron chi connectivity index (χ1n) is 14.7. The Morgan fingerprint density at radius 1 is 0.395 bits per heavy atom. The van der Waals surface area contributed by atoms with Gasteiger partial charge in [-0.1, -0.05) is 97.1 Å². The second kappa shape index (κ2) is 8.57. The Hall–Kier alpha value is -5.38. The third-order valence-electron chi connectivity index (χ3n) is 9.08. The van der Waals surface area contributed by atoms with Crippen molar-refractivity contribution < 1.29 is 0 Å². The molecule has 3 heterocycles. The fourth-order valence-corrected chi connectivity index (χ4v) is 8.47. The normalized spacial score (nSPS) is 12.2. The fraction of sp³-hybridized carbons (Fsp3) is 0. The average Bonchev–Trinajstić information content (AvgIpc) is 3.72. The van der Waals surface area contributed by atoms with Crippen LogP contribution in [0.15, 0.2) is 146 Å². The summed E-state index contributed by atoms with van der Waals surface area (Å²) in [6.45, 7) is 0. The molecule has 0 bridgehead atoms. The first kappa shape index (κ1) is 23.2. The van der Waals surface area contributed by atoms with Gasteiger partial charge in [0.25, 0.3) is 0 Å². The number of fused-ring (bicyclic) bond motifs is 11. The standard InChI is InChI=1S/C40H24N2S/c1-2-11-26(12-3-1)41-34-17-7-4-13-27(34)30-22-21-25-23-37-33(24-32(25)39(30)41)28-14-5-8-18-35(28)42(37)36-19-10-16-31-29-15-6-9-20-38(29)43-40(31)36/h1-24H. The van der Waals surface area contributed by atoms with Crippen molar-refractivity contribution in [3.05, 3.63) is 146 Å². The zero-order valence-electron chi connectivity index (χ0n) is 23.2. The average molecular weight is 565 g/mol. The van der Waals surface area contributed by atoms with Crippen LogP contribution in [-0.2, 0) is 0 Å². The minimum absolute atomic E-state index is 1.18. The molecular formula is C40H24N2S. The van der Waals surface area contributed by atoms with Crippen LogP contribution in [0, 0.1) is 0 Å². The highest BCUT2D eigenvalue weighted by molar-refractivity contribution is 7.26. The molecule has 0 aliphatic rings. The molecule has 0 saturated carbocycles. The number of thiophene rings is 1. The summed E-state index contributed by atoms with van der Waals surface area (Å²) < 4.78 is 7.58. The van der Waals surface area contributed by atoms with Gasteiger partial charge < -0.3 is 9.13 Å². The van der Waals surface area contributed by atoms with Gasteiger partial charge in [0.15, 0.2) is 0 Å². The van der Waals surface area contributed by atoms with Crippen molar-refractivity contribution >= 4 is 85.9 Å². The Morgan fingerprint density at radius 2 is 1.07 bits per heavy atom. The number of nitrogens with zero attached hydrogens (tertiary/aromatic N) is 2. The van der Waals surface area contributed by atoms with Crippen LogP contribution in [0.2, 0.25) is 0 Å². The predicted octanol–water partition coefficient (Wildman–Crippen LogP) is 11.4. The van der Waals surface area contributed by atoms with E-state index in [9.17, 15) is 0 Å². The molecule has 0 saturated heterocycles. The minimum Gasteiger partial charge on any atom is -0.309 e. The number of aromatic nitrogens is 2. The zero-order chi connectivity index (χ0) is 28.1. The first-order chi connectivity index (χ1) is 21.3. The lowest BCUT2D eigenvalue weighted by atomic mass is 10.0. The molecule has 0 spiro atoms. The first-order valence-corrected chi connectivity index (χ1v) is 15.5. The summed E-state index contributed by atoms with van der Waals surface area (Å²) >= 11 is 1.89. The summed E-state index contributed by atoms with van der Waals surface area (Å²) in [6, 6.07) is 53.4. The largest absolute Gasteiger partial charge is 0.309 e. The molecule has 7 aromatic carbocycles. The van der Waals surface area contributed by atoms with Crippen LogP contribution >= 0.6 is 11.3 Å². The molecule has 0 radical (unpaired) electrons. The van der Waals surface area contributed by atoms with Gasteiger partial charge in [-0.2, -0.15) is 0 Å². The number of benzene rings is 7. The molecule has 0 amide bonds. The van der Waals surface area contributed by atoms with Crippen molar-refractivity contribution in [2.45, 2.75) is 0 Å². The fourth-order valence-electron chi connectivity index (χ4n) is 7.26.